The third-order valence-corrected chi connectivity index (χ3v) is 2.53. The molecule has 0 unspecified atom stereocenters. The van der Waals surface area contributed by atoms with Crippen LogP contribution in [0.1, 0.15) is 18.6 Å². The standard InChI is InChI=1S/C14H15NO3/c1-10(16)11-6-5-9-15-14(11)18-13-8-4-3-7-12(13)17-2/h3-10,16H,1-2H3/t10-/m1/s1. The number of ether oxygens (including phenoxy) is 2. The highest BCUT2D eigenvalue weighted by Gasteiger charge is 2.12. The number of aliphatic hydroxyl groups is 1. The zero-order chi connectivity index (χ0) is 13.0. The Morgan fingerprint density at radius 1 is 1.11 bits per heavy atom. The van der Waals surface area contributed by atoms with Crippen molar-refractivity contribution in [1.82, 2.24) is 4.98 Å². The molecule has 1 aromatic heterocycles. The first kappa shape index (κ1) is 12.4. The van der Waals surface area contributed by atoms with Crippen LogP contribution in [0.3, 0.4) is 0 Å². The Morgan fingerprint density at radius 2 is 1.83 bits per heavy atom. The summed E-state index contributed by atoms with van der Waals surface area (Å²) in [5.41, 5.74) is 0.642. The Hall–Kier alpha value is -2.07. The van der Waals surface area contributed by atoms with Crippen LogP contribution in [0.2, 0.25) is 0 Å². The number of nitrogens with zero attached hydrogens (tertiary/aromatic N) is 1. The van der Waals surface area contributed by atoms with Gasteiger partial charge in [-0.2, -0.15) is 0 Å². The van der Waals surface area contributed by atoms with E-state index in [-0.39, 0.29) is 0 Å². The molecule has 18 heavy (non-hydrogen) atoms. The Morgan fingerprint density at radius 3 is 2.50 bits per heavy atom. The lowest BCUT2D eigenvalue weighted by molar-refractivity contribution is 0.194. The Bertz CT molecular complexity index is 526. The van der Waals surface area contributed by atoms with E-state index in [1.54, 1.807) is 44.5 Å². The van der Waals surface area contributed by atoms with Gasteiger partial charge in [0.15, 0.2) is 11.5 Å². The fourth-order valence-corrected chi connectivity index (χ4v) is 1.61. The molecule has 0 bridgehead atoms. The first-order chi connectivity index (χ1) is 8.72. The fourth-order valence-electron chi connectivity index (χ4n) is 1.61. The normalized spacial score (nSPS) is 11.9. The summed E-state index contributed by atoms with van der Waals surface area (Å²) in [4.78, 5) is 4.13. The molecule has 0 amide bonds. The lowest BCUT2D eigenvalue weighted by Crippen LogP contribution is -1.99. The molecule has 2 aromatic rings. The number of hydrogen-bond donors (Lipinski definition) is 1. The SMILES string of the molecule is COc1ccccc1Oc1ncccc1[C@@H](C)O. The van der Waals surface area contributed by atoms with Crippen molar-refractivity contribution in [3.63, 3.8) is 0 Å². The van der Waals surface area contributed by atoms with Gasteiger partial charge < -0.3 is 14.6 Å². The maximum Gasteiger partial charge on any atom is 0.225 e. The zero-order valence-corrected chi connectivity index (χ0v) is 10.3. The van der Waals surface area contributed by atoms with E-state index < -0.39 is 6.10 Å². The van der Waals surface area contributed by atoms with Crippen LogP contribution in [-0.4, -0.2) is 17.2 Å². The van der Waals surface area contributed by atoms with E-state index in [2.05, 4.69) is 4.98 Å². The van der Waals surface area contributed by atoms with Crippen LogP contribution in [0.25, 0.3) is 0 Å². The fraction of sp³-hybridized carbons (Fsp3) is 0.214. The van der Waals surface area contributed by atoms with Crippen LogP contribution in [0.5, 0.6) is 17.4 Å². The second kappa shape index (κ2) is 5.51. The Kier molecular flexibility index (Phi) is 3.79. The van der Waals surface area contributed by atoms with Gasteiger partial charge in [0.2, 0.25) is 5.88 Å². The Labute approximate surface area is 106 Å². The summed E-state index contributed by atoms with van der Waals surface area (Å²) in [6.07, 6.45) is 0.986. The molecule has 1 aromatic carbocycles. The number of hydrogen-bond acceptors (Lipinski definition) is 4. The minimum absolute atomic E-state index is 0.386. The molecule has 0 saturated carbocycles. The summed E-state index contributed by atoms with van der Waals surface area (Å²) >= 11 is 0. The predicted octanol–water partition coefficient (Wildman–Crippen LogP) is 2.94. The number of aromatic nitrogens is 1. The minimum atomic E-state index is -0.636. The predicted molar refractivity (Wildman–Crippen MR) is 67.9 cm³/mol. The smallest absolute Gasteiger partial charge is 0.225 e. The van der Waals surface area contributed by atoms with Gasteiger partial charge in [-0.05, 0) is 31.2 Å². The zero-order valence-electron chi connectivity index (χ0n) is 10.3. The highest BCUT2D eigenvalue weighted by atomic mass is 16.5. The molecule has 94 valence electrons. The molecule has 1 atom stereocenters. The molecular formula is C14H15NO3. The van der Waals surface area contributed by atoms with Gasteiger partial charge in [0.25, 0.3) is 0 Å². The number of methoxy groups -OCH3 is 1. The first-order valence-corrected chi connectivity index (χ1v) is 5.66. The topological polar surface area (TPSA) is 51.6 Å². The molecule has 2 rings (SSSR count). The van der Waals surface area contributed by atoms with E-state index in [1.807, 2.05) is 12.1 Å². The van der Waals surface area contributed by atoms with E-state index in [0.717, 1.165) is 0 Å². The summed E-state index contributed by atoms with van der Waals surface area (Å²) in [6.45, 7) is 1.67. The average Bonchev–Trinajstić information content (AvgIpc) is 2.40. The first-order valence-electron chi connectivity index (χ1n) is 5.66. The second-order valence-electron chi connectivity index (χ2n) is 3.83. The number of aliphatic hydroxyl groups excluding tert-OH is 1. The number of rotatable bonds is 4. The maximum atomic E-state index is 9.66. The van der Waals surface area contributed by atoms with E-state index in [0.29, 0.717) is 22.9 Å². The average molecular weight is 245 g/mol. The van der Waals surface area contributed by atoms with Gasteiger partial charge in [0.1, 0.15) is 0 Å². The number of para-hydroxylation sites is 2. The maximum absolute atomic E-state index is 9.66. The molecule has 0 aliphatic rings. The van der Waals surface area contributed by atoms with Crippen molar-refractivity contribution < 1.29 is 14.6 Å². The molecule has 0 radical (unpaired) electrons. The highest BCUT2D eigenvalue weighted by molar-refractivity contribution is 5.43. The molecule has 1 heterocycles. The molecule has 0 saturated heterocycles. The molecule has 4 heteroatoms. The number of pyridine rings is 1. The summed E-state index contributed by atoms with van der Waals surface area (Å²) in [5.74, 6) is 1.58. The number of benzene rings is 1. The van der Waals surface area contributed by atoms with Gasteiger partial charge in [-0.1, -0.05) is 12.1 Å². The molecule has 0 aliphatic carbocycles. The molecule has 0 aliphatic heterocycles. The van der Waals surface area contributed by atoms with Gasteiger partial charge in [0, 0.05) is 11.8 Å². The minimum Gasteiger partial charge on any atom is -0.493 e. The summed E-state index contributed by atoms with van der Waals surface area (Å²) in [5, 5.41) is 9.66. The monoisotopic (exact) mass is 245 g/mol. The third-order valence-electron chi connectivity index (χ3n) is 2.53. The van der Waals surface area contributed by atoms with Crippen molar-refractivity contribution in [1.29, 1.82) is 0 Å². The van der Waals surface area contributed by atoms with Crippen molar-refractivity contribution >= 4 is 0 Å². The van der Waals surface area contributed by atoms with Crippen LogP contribution in [0, 0.1) is 0 Å². The summed E-state index contributed by atoms with van der Waals surface area (Å²) < 4.78 is 10.9. The Balaban J connectivity index is 2.34. The second-order valence-corrected chi connectivity index (χ2v) is 3.83. The quantitative estimate of drug-likeness (QED) is 0.899. The van der Waals surface area contributed by atoms with E-state index >= 15 is 0 Å². The van der Waals surface area contributed by atoms with Crippen molar-refractivity contribution in [2.75, 3.05) is 7.11 Å². The summed E-state index contributed by atoms with van der Waals surface area (Å²) in [7, 11) is 1.58. The van der Waals surface area contributed by atoms with Crippen LogP contribution >= 0.6 is 0 Å². The van der Waals surface area contributed by atoms with Crippen molar-refractivity contribution in [3.8, 4) is 17.4 Å². The highest BCUT2D eigenvalue weighted by Crippen LogP contribution is 2.33. The molecule has 0 fully saturated rings. The lowest BCUT2D eigenvalue weighted by atomic mass is 10.2. The van der Waals surface area contributed by atoms with Gasteiger partial charge in [-0.3, -0.25) is 0 Å². The van der Waals surface area contributed by atoms with Gasteiger partial charge in [-0.25, -0.2) is 4.98 Å². The largest absolute Gasteiger partial charge is 0.493 e. The molecule has 1 N–H and O–H groups in total. The van der Waals surface area contributed by atoms with E-state index in [9.17, 15) is 5.11 Å². The van der Waals surface area contributed by atoms with Crippen molar-refractivity contribution in [3.05, 3.63) is 48.2 Å². The van der Waals surface area contributed by atoms with Crippen LogP contribution < -0.4 is 9.47 Å². The molecule has 4 nitrogen and oxygen atoms in total. The van der Waals surface area contributed by atoms with Gasteiger partial charge in [0.05, 0.1) is 13.2 Å². The van der Waals surface area contributed by atoms with Crippen LogP contribution in [0.15, 0.2) is 42.6 Å². The van der Waals surface area contributed by atoms with E-state index in [1.165, 1.54) is 0 Å². The van der Waals surface area contributed by atoms with E-state index in [4.69, 9.17) is 9.47 Å². The third kappa shape index (κ3) is 2.60. The van der Waals surface area contributed by atoms with Crippen molar-refractivity contribution in [2.24, 2.45) is 0 Å². The molecular weight excluding hydrogens is 230 g/mol. The summed E-state index contributed by atoms with van der Waals surface area (Å²) in [6, 6.07) is 10.8. The van der Waals surface area contributed by atoms with Crippen molar-refractivity contribution in [2.45, 2.75) is 13.0 Å². The van der Waals surface area contributed by atoms with Gasteiger partial charge in [-0.15, -0.1) is 0 Å². The molecule has 0 spiro atoms. The van der Waals surface area contributed by atoms with Crippen LogP contribution in [-0.2, 0) is 0 Å². The lowest BCUT2D eigenvalue weighted by Gasteiger charge is -2.13. The van der Waals surface area contributed by atoms with Gasteiger partial charge >= 0.3 is 0 Å². The van der Waals surface area contributed by atoms with Crippen LogP contribution in [0.4, 0.5) is 0 Å².